The average molecular weight is 430 g/mol. The van der Waals surface area contributed by atoms with Gasteiger partial charge in [0.15, 0.2) is 0 Å². The minimum Gasteiger partial charge on any atom is -0.354 e. The van der Waals surface area contributed by atoms with Crippen LogP contribution < -0.4 is 5.32 Å². The van der Waals surface area contributed by atoms with Gasteiger partial charge in [0, 0.05) is 18.5 Å². The summed E-state index contributed by atoms with van der Waals surface area (Å²) in [4.78, 5) is 43.0. The van der Waals surface area contributed by atoms with Gasteiger partial charge in [0.25, 0.3) is 5.24 Å². The molecule has 2 heterocycles. The van der Waals surface area contributed by atoms with E-state index in [-0.39, 0.29) is 46.3 Å². The molecule has 1 aliphatic heterocycles. The minimum atomic E-state index is -4.70. The van der Waals surface area contributed by atoms with Crippen molar-refractivity contribution >= 4 is 51.5 Å². The van der Waals surface area contributed by atoms with Crippen LogP contribution in [0.4, 0.5) is 18.0 Å². The normalized spacial score (nSPS) is 14.8. The van der Waals surface area contributed by atoms with Crippen LogP contribution in [0, 0.1) is 0 Å². The maximum atomic E-state index is 13.0. The van der Waals surface area contributed by atoms with Crippen LogP contribution in [0.5, 0.6) is 0 Å². The van der Waals surface area contributed by atoms with E-state index >= 15 is 0 Å². The van der Waals surface area contributed by atoms with E-state index in [1.807, 2.05) is 0 Å². The fourth-order valence-corrected chi connectivity index (χ4v) is 3.97. The Kier molecular flexibility index (Phi) is 6.08. The van der Waals surface area contributed by atoms with Crippen LogP contribution in [-0.4, -0.2) is 56.5 Å². The van der Waals surface area contributed by atoms with E-state index in [1.54, 1.807) is 18.2 Å². The number of nitrogens with zero attached hydrogens (tertiary/aromatic N) is 3. The quantitative estimate of drug-likeness (QED) is 0.556. The lowest BCUT2D eigenvalue weighted by Gasteiger charge is -2.13. The minimum absolute atomic E-state index is 0.0503. The lowest BCUT2D eigenvalue weighted by molar-refractivity contribution is -0.145. The number of fused-ring (bicyclic) bond motifs is 1. The molecule has 3 amide bonds. The van der Waals surface area contributed by atoms with E-state index in [2.05, 4.69) is 15.3 Å². The third kappa shape index (κ3) is 4.73. The van der Waals surface area contributed by atoms with Crippen molar-refractivity contribution in [3.63, 3.8) is 0 Å². The van der Waals surface area contributed by atoms with Crippen molar-refractivity contribution in [3.05, 3.63) is 30.1 Å². The third-order valence-corrected chi connectivity index (χ3v) is 5.51. The van der Waals surface area contributed by atoms with E-state index in [0.29, 0.717) is 5.39 Å². The van der Waals surface area contributed by atoms with Crippen LogP contribution in [0.2, 0.25) is 0 Å². The first-order chi connectivity index (χ1) is 13.3. The molecular weight excluding hydrogens is 417 g/mol. The highest BCUT2D eigenvalue weighted by molar-refractivity contribution is 8.14. The summed E-state index contributed by atoms with van der Waals surface area (Å²) in [6.07, 6.45) is -4.70. The molecule has 1 N–H and O–H groups in total. The lowest BCUT2D eigenvalue weighted by atomic mass is 10.2. The molecule has 7 nitrogen and oxygen atoms in total. The first-order valence-corrected chi connectivity index (χ1v) is 9.93. The van der Waals surface area contributed by atoms with Crippen molar-refractivity contribution in [1.82, 2.24) is 20.2 Å². The molecule has 28 heavy (non-hydrogen) atoms. The van der Waals surface area contributed by atoms with Crippen molar-refractivity contribution in [3.8, 4) is 0 Å². The number of nitrogens with one attached hydrogen (secondary N) is 1. The van der Waals surface area contributed by atoms with E-state index in [9.17, 15) is 27.6 Å². The Balaban J connectivity index is 1.62. The van der Waals surface area contributed by atoms with Gasteiger partial charge in [0.05, 0.1) is 17.0 Å². The van der Waals surface area contributed by atoms with E-state index in [0.717, 1.165) is 28.4 Å². The second kappa shape index (κ2) is 8.35. The van der Waals surface area contributed by atoms with Crippen molar-refractivity contribution in [2.45, 2.75) is 11.2 Å². The maximum Gasteiger partial charge on any atom is 0.451 e. The summed E-state index contributed by atoms with van der Waals surface area (Å²) in [5.74, 6) is -2.11. The smallest absolute Gasteiger partial charge is 0.354 e. The molecule has 0 radical (unpaired) electrons. The van der Waals surface area contributed by atoms with Gasteiger partial charge in [0.1, 0.15) is 5.03 Å². The Morgan fingerprint density at radius 1 is 1.25 bits per heavy atom. The number of benzene rings is 1. The highest BCUT2D eigenvalue weighted by Crippen LogP contribution is 2.31. The summed E-state index contributed by atoms with van der Waals surface area (Å²) < 4.78 is 39.0. The first kappa shape index (κ1) is 20.4. The summed E-state index contributed by atoms with van der Waals surface area (Å²) in [6.45, 7) is 0.117. The molecule has 12 heteroatoms. The van der Waals surface area contributed by atoms with E-state index in [1.165, 1.54) is 6.07 Å². The fraction of sp³-hybridized carbons (Fsp3) is 0.312. The second-order valence-corrected chi connectivity index (χ2v) is 7.50. The molecule has 1 aliphatic rings. The van der Waals surface area contributed by atoms with Gasteiger partial charge >= 0.3 is 6.18 Å². The first-order valence-electron chi connectivity index (χ1n) is 7.96. The molecule has 0 saturated carbocycles. The fourth-order valence-electron chi connectivity index (χ4n) is 2.37. The van der Waals surface area contributed by atoms with Crippen molar-refractivity contribution in [2.75, 3.05) is 24.6 Å². The molecule has 0 atom stereocenters. The zero-order valence-electron chi connectivity index (χ0n) is 14.2. The number of carbonyl (C=O) groups excluding carboxylic acids is 3. The second-order valence-electron chi connectivity index (χ2n) is 5.61. The number of imide groups is 1. The molecule has 148 valence electrons. The average Bonchev–Trinajstić information content (AvgIpc) is 2.97. The number of hydrogen-bond acceptors (Lipinski definition) is 7. The molecule has 0 bridgehead atoms. The van der Waals surface area contributed by atoms with Crippen LogP contribution in [0.25, 0.3) is 10.9 Å². The van der Waals surface area contributed by atoms with E-state index < -0.39 is 17.9 Å². The Morgan fingerprint density at radius 3 is 2.68 bits per heavy atom. The number of rotatable bonds is 6. The van der Waals surface area contributed by atoms with Crippen LogP contribution >= 0.6 is 23.5 Å². The molecular formula is C16H13F3N4O3S2. The standard InChI is InChI=1S/C16H13F3N4O3S2/c17-16(18,19)14-21-10-4-2-1-3-9(10)13(22-14)27-7-11(24)20-5-6-23-12(25)8-28-15(23)26/h1-4H,5-8H2,(H,20,24). The number of alkyl halides is 3. The molecule has 1 saturated heterocycles. The molecule has 1 aromatic heterocycles. The Hall–Kier alpha value is -2.34. The number of aromatic nitrogens is 2. The molecule has 1 aromatic carbocycles. The molecule has 1 fully saturated rings. The predicted octanol–water partition coefficient (Wildman–Crippen LogP) is 2.55. The predicted molar refractivity (Wildman–Crippen MR) is 97.8 cm³/mol. The third-order valence-electron chi connectivity index (χ3n) is 3.66. The number of carbonyl (C=O) groups is 3. The molecule has 2 aromatic rings. The van der Waals surface area contributed by atoms with Crippen LogP contribution in [0.15, 0.2) is 29.3 Å². The van der Waals surface area contributed by atoms with Gasteiger partial charge < -0.3 is 5.32 Å². The van der Waals surface area contributed by atoms with Gasteiger partial charge in [-0.2, -0.15) is 13.2 Å². The summed E-state index contributed by atoms with van der Waals surface area (Å²) in [5, 5.41) is 2.64. The largest absolute Gasteiger partial charge is 0.451 e. The van der Waals surface area contributed by atoms with Crippen LogP contribution in [-0.2, 0) is 15.8 Å². The topological polar surface area (TPSA) is 92.3 Å². The van der Waals surface area contributed by atoms with Gasteiger partial charge in [-0.1, -0.05) is 41.7 Å². The summed E-state index contributed by atoms with van der Waals surface area (Å²) in [6, 6.07) is 6.23. The molecule has 0 aliphatic carbocycles. The summed E-state index contributed by atoms with van der Waals surface area (Å²) in [5.41, 5.74) is 0.135. The van der Waals surface area contributed by atoms with Gasteiger partial charge in [-0.05, 0) is 6.07 Å². The highest BCUT2D eigenvalue weighted by Gasteiger charge is 2.35. The number of halogens is 3. The monoisotopic (exact) mass is 430 g/mol. The number of thioether (sulfide) groups is 2. The Morgan fingerprint density at radius 2 is 2.00 bits per heavy atom. The SMILES string of the molecule is O=C(CSc1nc(C(F)(F)F)nc2ccccc12)NCCN1C(=O)CSC1=O. The van der Waals surface area contributed by atoms with Gasteiger partial charge in [-0.15, -0.1) is 0 Å². The summed E-state index contributed by atoms with van der Waals surface area (Å²) in [7, 11) is 0. The van der Waals surface area contributed by atoms with Gasteiger partial charge in [0.2, 0.25) is 17.6 Å². The number of para-hydroxylation sites is 1. The van der Waals surface area contributed by atoms with Gasteiger partial charge in [-0.25, -0.2) is 9.97 Å². The maximum absolute atomic E-state index is 13.0. The van der Waals surface area contributed by atoms with Crippen molar-refractivity contribution < 1.29 is 27.6 Å². The Bertz CT molecular complexity index is 923. The van der Waals surface area contributed by atoms with E-state index in [4.69, 9.17) is 0 Å². The van der Waals surface area contributed by atoms with Gasteiger partial charge in [-0.3, -0.25) is 19.3 Å². The number of hydrogen-bond donors (Lipinski definition) is 1. The Labute approximate surface area is 165 Å². The zero-order chi connectivity index (χ0) is 20.3. The lowest BCUT2D eigenvalue weighted by Crippen LogP contribution is -2.38. The molecule has 0 spiro atoms. The summed E-state index contributed by atoms with van der Waals surface area (Å²) >= 11 is 1.76. The van der Waals surface area contributed by atoms with Crippen molar-refractivity contribution in [2.24, 2.45) is 0 Å². The zero-order valence-corrected chi connectivity index (χ0v) is 15.8. The van der Waals surface area contributed by atoms with Crippen LogP contribution in [0.1, 0.15) is 5.82 Å². The number of amides is 3. The molecule has 3 rings (SSSR count). The highest BCUT2D eigenvalue weighted by atomic mass is 32.2. The molecule has 0 unspecified atom stereocenters. The van der Waals surface area contributed by atoms with Crippen LogP contribution in [0.3, 0.4) is 0 Å². The van der Waals surface area contributed by atoms with Crippen molar-refractivity contribution in [1.29, 1.82) is 0 Å².